The van der Waals surface area contributed by atoms with E-state index in [0.717, 1.165) is 11.3 Å². The molecule has 0 spiro atoms. The molecular weight excluding hydrogens is 226 g/mol. The van der Waals surface area contributed by atoms with Crippen molar-refractivity contribution < 1.29 is 12.9 Å². The molecule has 16 heavy (non-hydrogen) atoms. The molecule has 0 N–H and O–H groups in total. The highest BCUT2D eigenvalue weighted by atomic mass is 32.2. The summed E-state index contributed by atoms with van der Waals surface area (Å²) >= 11 is 0. The Morgan fingerprint density at radius 2 is 1.81 bits per heavy atom. The molecule has 0 aliphatic rings. The van der Waals surface area contributed by atoms with E-state index in [1.807, 2.05) is 6.92 Å². The van der Waals surface area contributed by atoms with E-state index < -0.39 is 9.84 Å². The summed E-state index contributed by atoms with van der Waals surface area (Å²) in [5, 5.41) is 3.77. The first kappa shape index (κ1) is 10.9. The molecule has 0 aliphatic carbocycles. The molecule has 0 amide bonds. The van der Waals surface area contributed by atoms with Crippen LogP contribution in [0.15, 0.2) is 39.8 Å². The Balaban J connectivity index is 2.40. The van der Waals surface area contributed by atoms with Gasteiger partial charge in [0.15, 0.2) is 15.6 Å². The molecular formula is C11H11NO3S. The first-order valence-corrected chi connectivity index (χ1v) is 6.60. The van der Waals surface area contributed by atoms with Crippen molar-refractivity contribution in [1.29, 1.82) is 0 Å². The zero-order valence-electron chi connectivity index (χ0n) is 8.97. The third-order valence-corrected chi connectivity index (χ3v) is 3.32. The van der Waals surface area contributed by atoms with Gasteiger partial charge in [-0.05, 0) is 31.2 Å². The molecule has 1 aromatic carbocycles. The van der Waals surface area contributed by atoms with E-state index in [1.165, 1.54) is 6.26 Å². The van der Waals surface area contributed by atoms with Crippen molar-refractivity contribution in [2.75, 3.05) is 6.26 Å². The Bertz CT molecular complexity index is 596. The van der Waals surface area contributed by atoms with Crippen LogP contribution >= 0.6 is 0 Å². The molecule has 0 saturated carbocycles. The van der Waals surface area contributed by atoms with Crippen LogP contribution in [0.25, 0.3) is 11.3 Å². The average molecular weight is 237 g/mol. The number of aromatic nitrogens is 1. The van der Waals surface area contributed by atoms with E-state index in [1.54, 1.807) is 30.3 Å². The summed E-state index contributed by atoms with van der Waals surface area (Å²) < 4.78 is 27.6. The predicted molar refractivity (Wildman–Crippen MR) is 59.8 cm³/mol. The molecule has 0 fully saturated rings. The lowest BCUT2D eigenvalue weighted by Gasteiger charge is -1.99. The fraction of sp³-hybridized carbons (Fsp3) is 0.182. The lowest BCUT2D eigenvalue weighted by atomic mass is 10.2. The minimum atomic E-state index is -3.14. The smallest absolute Gasteiger partial charge is 0.175 e. The molecule has 0 aliphatic heterocycles. The monoisotopic (exact) mass is 237 g/mol. The molecule has 4 nitrogen and oxygen atoms in total. The van der Waals surface area contributed by atoms with Gasteiger partial charge in [-0.1, -0.05) is 5.16 Å². The first-order valence-electron chi connectivity index (χ1n) is 4.70. The molecule has 0 atom stereocenters. The lowest BCUT2D eigenvalue weighted by molar-refractivity contribution is 0.427. The predicted octanol–water partition coefficient (Wildman–Crippen LogP) is 2.05. The van der Waals surface area contributed by atoms with Crippen LogP contribution in [0.2, 0.25) is 0 Å². The summed E-state index contributed by atoms with van der Waals surface area (Å²) in [6.45, 7) is 1.83. The van der Waals surface area contributed by atoms with E-state index in [4.69, 9.17) is 4.52 Å². The Labute approximate surface area is 93.8 Å². The van der Waals surface area contributed by atoms with Crippen molar-refractivity contribution in [3.63, 3.8) is 0 Å². The van der Waals surface area contributed by atoms with E-state index in [0.29, 0.717) is 10.7 Å². The lowest BCUT2D eigenvalue weighted by Crippen LogP contribution is -1.95. The highest BCUT2D eigenvalue weighted by molar-refractivity contribution is 7.90. The Morgan fingerprint density at radius 3 is 2.25 bits per heavy atom. The fourth-order valence-corrected chi connectivity index (χ4v) is 2.00. The van der Waals surface area contributed by atoms with Gasteiger partial charge in [0.2, 0.25) is 0 Å². The number of hydrogen-bond donors (Lipinski definition) is 0. The van der Waals surface area contributed by atoms with Crippen molar-refractivity contribution in [3.8, 4) is 11.3 Å². The van der Waals surface area contributed by atoms with Crippen LogP contribution in [0, 0.1) is 6.92 Å². The van der Waals surface area contributed by atoms with E-state index in [2.05, 4.69) is 5.16 Å². The van der Waals surface area contributed by atoms with E-state index in [-0.39, 0.29) is 0 Å². The van der Waals surface area contributed by atoms with Crippen LogP contribution in [-0.4, -0.2) is 19.8 Å². The quantitative estimate of drug-likeness (QED) is 0.802. The molecule has 5 heteroatoms. The maximum Gasteiger partial charge on any atom is 0.175 e. The maximum absolute atomic E-state index is 11.2. The van der Waals surface area contributed by atoms with Crippen molar-refractivity contribution >= 4 is 9.84 Å². The van der Waals surface area contributed by atoms with Gasteiger partial charge >= 0.3 is 0 Å². The van der Waals surface area contributed by atoms with Crippen LogP contribution in [0.1, 0.15) is 5.69 Å². The number of benzene rings is 1. The third kappa shape index (κ3) is 2.14. The van der Waals surface area contributed by atoms with Gasteiger partial charge in [-0.15, -0.1) is 0 Å². The number of rotatable bonds is 2. The second kappa shape index (κ2) is 3.75. The molecule has 0 saturated heterocycles. The summed E-state index contributed by atoms with van der Waals surface area (Å²) in [6.07, 6.45) is 1.18. The first-order chi connectivity index (χ1) is 7.47. The molecule has 0 bridgehead atoms. The zero-order valence-corrected chi connectivity index (χ0v) is 9.78. The van der Waals surface area contributed by atoms with Crippen LogP contribution in [0.4, 0.5) is 0 Å². The third-order valence-electron chi connectivity index (χ3n) is 2.19. The summed E-state index contributed by atoms with van der Waals surface area (Å²) in [6, 6.07) is 8.33. The zero-order chi connectivity index (χ0) is 11.8. The normalized spacial score (nSPS) is 11.6. The van der Waals surface area contributed by atoms with Gasteiger partial charge in [-0.25, -0.2) is 8.42 Å². The van der Waals surface area contributed by atoms with E-state index in [9.17, 15) is 8.42 Å². The maximum atomic E-state index is 11.2. The minimum absolute atomic E-state index is 0.299. The van der Waals surface area contributed by atoms with Crippen LogP contribution in [0.5, 0.6) is 0 Å². The van der Waals surface area contributed by atoms with Gasteiger partial charge < -0.3 is 4.52 Å². The number of aryl methyl sites for hydroxylation is 1. The van der Waals surface area contributed by atoms with Gasteiger partial charge in [-0.3, -0.25) is 0 Å². The Hall–Kier alpha value is -1.62. The van der Waals surface area contributed by atoms with Crippen molar-refractivity contribution in [1.82, 2.24) is 5.16 Å². The van der Waals surface area contributed by atoms with Crippen LogP contribution < -0.4 is 0 Å². The summed E-state index contributed by atoms with van der Waals surface area (Å²) in [7, 11) is -3.14. The molecule has 1 aromatic heterocycles. The highest BCUT2D eigenvalue weighted by Gasteiger charge is 2.08. The standard InChI is InChI=1S/C11H11NO3S/c1-8-7-11(15-12-8)9-3-5-10(6-4-9)16(2,13)14/h3-7H,1-2H3. The number of hydrogen-bond acceptors (Lipinski definition) is 4. The van der Waals surface area contributed by atoms with Crippen LogP contribution in [0.3, 0.4) is 0 Å². The Kier molecular flexibility index (Phi) is 2.55. The molecule has 1 heterocycles. The molecule has 84 valence electrons. The van der Waals surface area contributed by atoms with Crippen LogP contribution in [-0.2, 0) is 9.84 Å². The van der Waals surface area contributed by atoms with E-state index >= 15 is 0 Å². The second-order valence-corrected chi connectivity index (χ2v) is 5.64. The SMILES string of the molecule is Cc1cc(-c2ccc(S(C)(=O)=O)cc2)on1. The topological polar surface area (TPSA) is 60.2 Å². The van der Waals surface area contributed by atoms with Gasteiger partial charge in [0.05, 0.1) is 10.6 Å². The fourth-order valence-electron chi connectivity index (χ4n) is 1.37. The summed E-state index contributed by atoms with van der Waals surface area (Å²) in [5.74, 6) is 0.637. The number of sulfone groups is 1. The molecule has 2 aromatic rings. The summed E-state index contributed by atoms with van der Waals surface area (Å²) in [5.41, 5.74) is 1.61. The average Bonchev–Trinajstić information content (AvgIpc) is 2.64. The number of nitrogens with zero attached hydrogens (tertiary/aromatic N) is 1. The minimum Gasteiger partial charge on any atom is -0.356 e. The Morgan fingerprint density at radius 1 is 1.19 bits per heavy atom. The van der Waals surface area contributed by atoms with Gasteiger partial charge in [-0.2, -0.15) is 0 Å². The van der Waals surface area contributed by atoms with Gasteiger partial charge in [0.25, 0.3) is 0 Å². The van der Waals surface area contributed by atoms with Crippen molar-refractivity contribution in [3.05, 3.63) is 36.0 Å². The van der Waals surface area contributed by atoms with Gasteiger partial charge in [0.1, 0.15) is 0 Å². The second-order valence-electron chi connectivity index (χ2n) is 3.63. The molecule has 0 radical (unpaired) electrons. The van der Waals surface area contributed by atoms with Crippen molar-refractivity contribution in [2.45, 2.75) is 11.8 Å². The molecule has 2 rings (SSSR count). The van der Waals surface area contributed by atoms with Gasteiger partial charge in [0, 0.05) is 17.9 Å². The largest absolute Gasteiger partial charge is 0.356 e. The van der Waals surface area contributed by atoms with Crippen molar-refractivity contribution in [2.24, 2.45) is 0 Å². The summed E-state index contributed by atoms with van der Waals surface area (Å²) in [4.78, 5) is 0.299. The molecule has 0 unspecified atom stereocenters. The highest BCUT2D eigenvalue weighted by Crippen LogP contribution is 2.21.